The first kappa shape index (κ1) is 42.6. The van der Waals surface area contributed by atoms with Gasteiger partial charge in [-0.3, -0.25) is 9.55 Å². The van der Waals surface area contributed by atoms with Gasteiger partial charge in [-0.1, -0.05) is 187 Å². The average molecular weight is 1030 g/mol. The molecule has 0 spiro atoms. The molecule has 65 heavy (non-hydrogen) atoms. The van der Waals surface area contributed by atoms with Gasteiger partial charge in [0.2, 0.25) is 0 Å². The predicted molar refractivity (Wildman–Crippen MR) is 268 cm³/mol. The number of fused-ring (bicyclic) bond motifs is 1. The van der Waals surface area contributed by atoms with Gasteiger partial charge in [-0.25, -0.2) is 4.98 Å². The van der Waals surface area contributed by atoms with Crippen LogP contribution in [-0.4, -0.2) is 19.6 Å². The molecule has 2 heterocycles. The van der Waals surface area contributed by atoms with Gasteiger partial charge in [0.05, 0.1) is 22.3 Å². The van der Waals surface area contributed by atoms with Crippen molar-refractivity contribution in [1.29, 1.82) is 0 Å². The third-order valence-electron chi connectivity index (χ3n) is 12.4. The maximum Gasteiger partial charge on any atom is 0.148 e. The van der Waals surface area contributed by atoms with Crippen LogP contribution in [0.25, 0.3) is 83.9 Å². The van der Waals surface area contributed by atoms with E-state index in [0.717, 1.165) is 94.7 Å². The Bertz CT molecular complexity index is 3220. The van der Waals surface area contributed by atoms with Crippen LogP contribution in [0.5, 0.6) is 5.75 Å². The molecule has 9 aromatic rings. The first-order valence-corrected chi connectivity index (χ1v) is 22.3. The normalized spacial score (nSPS) is 12.3. The van der Waals surface area contributed by atoms with E-state index in [9.17, 15) is 5.11 Å². The molecular weight excluding hydrogens is 974 g/mol. The maximum absolute atomic E-state index is 12.3. The number of rotatable bonds is 11. The van der Waals surface area contributed by atoms with Crippen molar-refractivity contribution in [2.45, 2.75) is 79.0 Å². The van der Waals surface area contributed by atoms with Crippen LogP contribution in [-0.2, 0) is 21.1 Å². The van der Waals surface area contributed by atoms with Gasteiger partial charge in [0, 0.05) is 41.3 Å². The molecule has 328 valence electrons. The molecule has 2 aromatic heterocycles. The summed E-state index contributed by atoms with van der Waals surface area (Å²) in [6, 6.07) is 58.1. The molecule has 0 saturated heterocycles. The zero-order valence-corrected chi connectivity index (χ0v) is 40.6. The Kier molecular flexibility index (Phi) is 12.5. The smallest absolute Gasteiger partial charge is 0.148 e. The summed E-state index contributed by atoms with van der Waals surface area (Å²) in [7, 11) is 0. The van der Waals surface area contributed by atoms with Crippen molar-refractivity contribution in [2.75, 3.05) is 0 Å². The number of benzene rings is 7. The summed E-state index contributed by atoms with van der Waals surface area (Å²) in [5, 5.41) is 12.3. The quantitative estimate of drug-likeness (QED) is 0.131. The Hall–Kier alpha value is -6.35. The average Bonchev–Trinajstić information content (AvgIpc) is 3.70. The minimum Gasteiger partial charge on any atom is -0.507 e. The van der Waals surface area contributed by atoms with Gasteiger partial charge in [-0.2, -0.15) is 0 Å². The topological polar surface area (TPSA) is 50.9 Å². The van der Waals surface area contributed by atoms with Crippen LogP contribution in [0, 0.1) is 6.07 Å². The Balaban J connectivity index is 0.00000608. The number of aromatic nitrogens is 3. The number of phenolic OH excluding ortho intramolecular Hbond substituents is 1. The molecule has 7 aromatic carbocycles. The van der Waals surface area contributed by atoms with Gasteiger partial charge in [-0.05, 0) is 98.5 Å². The minimum atomic E-state index is -0.833. The number of imidazole rings is 1. The van der Waals surface area contributed by atoms with E-state index in [1.165, 1.54) is 0 Å². The number of para-hydroxylation sites is 1. The molecule has 0 amide bonds. The molecule has 1 N–H and O–H groups in total. The van der Waals surface area contributed by atoms with Gasteiger partial charge < -0.3 is 5.11 Å². The van der Waals surface area contributed by atoms with Crippen molar-refractivity contribution < 1.29 is 28.9 Å². The van der Waals surface area contributed by atoms with E-state index in [4.69, 9.17) is 12.7 Å². The van der Waals surface area contributed by atoms with E-state index in [0.29, 0.717) is 11.4 Å². The van der Waals surface area contributed by atoms with E-state index in [2.05, 4.69) is 148 Å². The number of hydrogen-bond acceptors (Lipinski definition) is 3. The summed E-state index contributed by atoms with van der Waals surface area (Å²) >= 11 is 0. The zero-order chi connectivity index (χ0) is 46.5. The van der Waals surface area contributed by atoms with Gasteiger partial charge >= 0.3 is 0 Å². The number of nitrogens with zero attached hydrogens (tertiary/aromatic N) is 3. The number of pyridine rings is 1. The Morgan fingerprint density at radius 3 is 1.82 bits per heavy atom. The van der Waals surface area contributed by atoms with Crippen LogP contribution in [0.2, 0.25) is 0 Å². The Labute approximate surface area is 402 Å². The van der Waals surface area contributed by atoms with E-state index < -0.39 is 11.8 Å². The monoisotopic (exact) mass is 1030 g/mol. The van der Waals surface area contributed by atoms with Crippen molar-refractivity contribution in [2.24, 2.45) is 0 Å². The molecule has 0 aliphatic heterocycles. The molecular formula is C60H56N3OPt-. The van der Waals surface area contributed by atoms with E-state index in [-0.39, 0.29) is 38.7 Å². The molecule has 0 aliphatic carbocycles. The molecule has 0 bridgehead atoms. The first-order chi connectivity index (χ1) is 31.5. The van der Waals surface area contributed by atoms with Crippen molar-refractivity contribution in [3.63, 3.8) is 0 Å². The third kappa shape index (κ3) is 9.02. The Morgan fingerprint density at radius 2 is 1.15 bits per heavy atom. The second kappa shape index (κ2) is 19.0. The van der Waals surface area contributed by atoms with Gasteiger partial charge in [0.25, 0.3) is 0 Å². The summed E-state index contributed by atoms with van der Waals surface area (Å²) in [6.45, 7) is 16.3. The Morgan fingerprint density at radius 1 is 0.523 bits per heavy atom. The molecule has 0 aliphatic rings. The summed E-state index contributed by atoms with van der Waals surface area (Å²) < 4.78 is 19.8. The fraction of sp³-hybridized carbons (Fsp3) is 0.200. The van der Waals surface area contributed by atoms with E-state index in [1.54, 1.807) is 0 Å². The van der Waals surface area contributed by atoms with Gasteiger partial charge in [-0.15, -0.1) is 23.8 Å². The van der Waals surface area contributed by atoms with Crippen LogP contribution in [0.4, 0.5) is 0 Å². The molecule has 0 atom stereocenters. The van der Waals surface area contributed by atoms with Crippen LogP contribution < -0.4 is 0 Å². The van der Waals surface area contributed by atoms with Gasteiger partial charge in [0.15, 0.2) is 0 Å². The molecule has 5 heteroatoms. The summed E-state index contributed by atoms with van der Waals surface area (Å²) in [6.07, 6.45) is 1.85. The third-order valence-corrected chi connectivity index (χ3v) is 12.4. The molecule has 0 unspecified atom stereocenters. The predicted octanol–water partition coefficient (Wildman–Crippen LogP) is 16.4. The van der Waals surface area contributed by atoms with Crippen molar-refractivity contribution >= 4 is 11.0 Å². The van der Waals surface area contributed by atoms with E-state index >= 15 is 0 Å². The molecule has 0 radical (unpaired) electrons. The van der Waals surface area contributed by atoms with Crippen LogP contribution >= 0.6 is 0 Å². The van der Waals surface area contributed by atoms with Gasteiger partial charge in [0.1, 0.15) is 11.6 Å². The fourth-order valence-corrected chi connectivity index (χ4v) is 8.66. The SMILES string of the molecule is [2H]C(C)(C)c1ccc(-c2ccnc(-c3[c-]c(-c4cccc5c4nc(-c4cc(C(C)C)cc(C(C)C)c4O)n5-c4ccc(C([2H])(C)C)cc4-c4ccccc4)cc(-c4ccccc4)c3)c2)cc1.[Pt]. The second-order valence-electron chi connectivity index (χ2n) is 17.9. The fourth-order valence-electron chi connectivity index (χ4n) is 8.66. The zero-order valence-electron chi connectivity index (χ0n) is 40.3. The largest absolute Gasteiger partial charge is 0.507 e. The van der Waals surface area contributed by atoms with Crippen molar-refractivity contribution in [3.05, 3.63) is 192 Å². The summed E-state index contributed by atoms with van der Waals surface area (Å²) in [5.41, 5.74) is 16.6. The minimum absolute atomic E-state index is 0. The van der Waals surface area contributed by atoms with E-state index in [1.807, 2.05) is 82.4 Å². The standard InChI is InChI=1S/C60H56N3O.Pt/c1-37(2)41-22-24-43(25-23-41)46-28-29-61-55(36-46)50-31-48(42-16-11-9-12-17-42)30-49(32-50)51-20-15-21-57-58(51)62-60(54-35-47(39(5)6)34-52(40(7)8)59(54)64)63(57)56-27-26-45(38(3)4)33-53(56)44-18-13-10-14-19-44;/h9-31,33-40,64H,1-8H3;/q-1;/i37D,38D;. The maximum atomic E-state index is 12.3. The molecule has 0 saturated carbocycles. The molecule has 0 fully saturated rings. The van der Waals surface area contributed by atoms with Crippen LogP contribution in [0.3, 0.4) is 0 Å². The van der Waals surface area contributed by atoms with Crippen molar-refractivity contribution in [3.8, 4) is 78.6 Å². The number of phenols is 1. The van der Waals surface area contributed by atoms with Crippen molar-refractivity contribution in [1.82, 2.24) is 14.5 Å². The number of aromatic hydroxyl groups is 1. The first-order valence-electron chi connectivity index (χ1n) is 23.3. The van der Waals surface area contributed by atoms with Crippen LogP contribution in [0.15, 0.2) is 164 Å². The second-order valence-corrected chi connectivity index (χ2v) is 17.9. The summed E-state index contributed by atoms with van der Waals surface area (Å²) in [5.74, 6) is -0.381. The summed E-state index contributed by atoms with van der Waals surface area (Å²) in [4.78, 5) is 10.5. The molecule has 9 rings (SSSR count). The van der Waals surface area contributed by atoms with Crippen LogP contribution in [0.1, 0.15) is 104 Å². The number of hydrogen-bond donors (Lipinski definition) is 1. The molecule has 4 nitrogen and oxygen atoms in total.